The Balaban J connectivity index is 1.68. The van der Waals surface area contributed by atoms with Crippen molar-refractivity contribution in [3.05, 3.63) is 35.5 Å². The van der Waals surface area contributed by atoms with E-state index in [0.717, 1.165) is 41.8 Å². The fourth-order valence-corrected chi connectivity index (χ4v) is 7.37. The number of hydrogen-bond donors (Lipinski definition) is 2. The lowest BCUT2D eigenvalue weighted by atomic mass is 9.60. The molecule has 3 heteroatoms. The monoisotopic (exact) mass is 418 g/mol. The maximum absolute atomic E-state index is 10.1. The minimum atomic E-state index is -0.537. The van der Waals surface area contributed by atoms with Crippen molar-refractivity contribution in [2.45, 2.75) is 90.8 Å². The molecule has 0 aromatic carbocycles. The molecule has 1 aliphatic heterocycles. The molecule has 3 aliphatic rings. The number of aliphatic hydroxyl groups is 2. The molecule has 1 heterocycles. The Morgan fingerprint density at radius 3 is 2.79 bits per heavy atom. The average molecular weight is 419 g/mol. The summed E-state index contributed by atoms with van der Waals surface area (Å²) in [5.41, 5.74) is 3.67. The highest BCUT2D eigenvalue weighted by molar-refractivity contribution is 7.99. The predicted molar refractivity (Wildman–Crippen MR) is 126 cm³/mol. The van der Waals surface area contributed by atoms with Gasteiger partial charge in [-0.1, -0.05) is 51.0 Å². The average Bonchev–Trinajstić information content (AvgIpc) is 2.99. The van der Waals surface area contributed by atoms with Crippen molar-refractivity contribution >= 4 is 11.8 Å². The summed E-state index contributed by atoms with van der Waals surface area (Å²) in [5, 5.41) is 20.1. The largest absolute Gasteiger partial charge is 0.390 e. The summed E-state index contributed by atoms with van der Waals surface area (Å²) < 4.78 is 0. The number of hydrogen-bond acceptors (Lipinski definition) is 3. The van der Waals surface area contributed by atoms with E-state index in [0.29, 0.717) is 11.3 Å². The van der Waals surface area contributed by atoms with Crippen molar-refractivity contribution < 1.29 is 10.2 Å². The third-order valence-corrected chi connectivity index (χ3v) is 9.09. The molecule has 2 N–H and O–H groups in total. The van der Waals surface area contributed by atoms with E-state index >= 15 is 0 Å². The molecule has 3 fully saturated rings. The Hall–Kier alpha value is -0.510. The molecule has 29 heavy (non-hydrogen) atoms. The van der Waals surface area contributed by atoms with Crippen LogP contribution in [-0.2, 0) is 0 Å². The lowest BCUT2D eigenvalue weighted by Crippen LogP contribution is -2.36. The van der Waals surface area contributed by atoms with E-state index in [-0.39, 0.29) is 6.10 Å². The fraction of sp³-hybridized carbons (Fsp3) is 0.769. The summed E-state index contributed by atoms with van der Waals surface area (Å²) >= 11 is 1.81. The molecule has 2 nitrogen and oxygen atoms in total. The van der Waals surface area contributed by atoms with Gasteiger partial charge in [0.1, 0.15) is 0 Å². The van der Waals surface area contributed by atoms with E-state index < -0.39 is 5.60 Å². The predicted octanol–water partition coefficient (Wildman–Crippen LogP) is 6.30. The maximum Gasteiger partial charge on any atom is 0.0877 e. The molecule has 5 atom stereocenters. The molecule has 0 spiro atoms. The molecule has 2 aliphatic carbocycles. The van der Waals surface area contributed by atoms with Gasteiger partial charge in [-0.15, -0.1) is 0 Å². The van der Waals surface area contributed by atoms with E-state index in [9.17, 15) is 10.2 Å². The Bertz CT molecular complexity index is 656. The molecule has 0 radical (unpaired) electrons. The van der Waals surface area contributed by atoms with Gasteiger partial charge in [0.15, 0.2) is 0 Å². The standard InChI is InChI=1S/C26H42O2S/c1-18(8-6-14-25(3,4)28)22-12-13-23-20(9-7-15-26(22,23)5)10-11-21-16-29-17-24(27)19(21)2/h10-11,18,22-24,27-28H,2,6-9,12-17H2,1,3-5H3/b20-10+,21-11-/t18-,22-,23+,24-,26-/m1/s1. The van der Waals surface area contributed by atoms with Crippen LogP contribution in [0.2, 0.25) is 0 Å². The van der Waals surface area contributed by atoms with Crippen LogP contribution in [0.15, 0.2) is 35.5 Å². The van der Waals surface area contributed by atoms with Crippen molar-refractivity contribution in [1.29, 1.82) is 0 Å². The van der Waals surface area contributed by atoms with Gasteiger partial charge in [0, 0.05) is 11.5 Å². The van der Waals surface area contributed by atoms with Crippen LogP contribution in [0, 0.1) is 23.2 Å². The third-order valence-electron chi connectivity index (χ3n) is 8.02. The van der Waals surface area contributed by atoms with Crippen molar-refractivity contribution in [3.8, 4) is 0 Å². The zero-order chi connectivity index (χ0) is 21.2. The van der Waals surface area contributed by atoms with Gasteiger partial charge >= 0.3 is 0 Å². The van der Waals surface area contributed by atoms with Crippen molar-refractivity contribution in [3.63, 3.8) is 0 Å². The Morgan fingerprint density at radius 2 is 2.07 bits per heavy atom. The first-order chi connectivity index (χ1) is 13.6. The molecule has 2 saturated carbocycles. The van der Waals surface area contributed by atoms with Gasteiger partial charge in [0.25, 0.3) is 0 Å². The van der Waals surface area contributed by atoms with E-state index in [4.69, 9.17) is 0 Å². The molecule has 0 bridgehead atoms. The minimum absolute atomic E-state index is 0.379. The summed E-state index contributed by atoms with van der Waals surface area (Å²) in [4.78, 5) is 0. The quantitative estimate of drug-likeness (QED) is 0.532. The van der Waals surface area contributed by atoms with E-state index in [1.165, 1.54) is 44.1 Å². The summed E-state index contributed by atoms with van der Waals surface area (Å²) in [6.07, 6.45) is 14.1. The SMILES string of the molecule is C=C1/C(=C\C=C2/CCC[C@]3(C)[C@@H]([C@H](C)CCCC(C)(C)O)CC[C@@H]23)CSC[C@H]1O. The zero-order valence-electron chi connectivity index (χ0n) is 19.0. The van der Waals surface area contributed by atoms with Gasteiger partial charge in [-0.25, -0.2) is 0 Å². The first-order valence-corrected chi connectivity index (χ1v) is 12.8. The second-order valence-corrected chi connectivity index (χ2v) is 11.8. The molecule has 164 valence electrons. The van der Waals surface area contributed by atoms with E-state index in [1.54, 1.807) is 5.57 Å². The molecule has 3 rings (SSSR count). The van der Waals surface area contributed by atoms with E-state index in [1.807, 2.05) is 25.6 Å². The normalized spacial score (nSPS) is 37.2. The lowest BCUT2D eigenvalue weighted by molar-refractivity contribution is 0.0596. The number of allylic oxidation sites excluding steroid dienone is 3. The summed E-state index contributed by atoms with van der Waals surface area (Å²) in [6.45, 7) is 13.0. The highest BCUT2D eigenvalue weighted by Crippen LogP contribution is 2.59. The number of rotatable bonds is 6. The molecule has 0 aromatic heterocycles. The van der Waals surface area contributed by atoms with Crippen LogP contribution in [0.5, 0.6) is 0 Å². The second kappa shape index (κ2) is 9.32. The second-order valence-electron chi connectivity index (χ2n) is 10.8. The molecular weight excluding hydrogens is 376 g/mol. The van der Waals surface area contributed by atoms with Crippen LogP contribution >= 0.6 is 11.8 Å². The van der Waals surface area contributed by atoms with Gasteiger partial charge in [0.05, 0.1) is 11.7 Å². The van der Waals surface area contributed by atoms with Crippen LogP contribution in [-0.4, -0.2) is 33.4 Å². The van der Waals surface area contributed by atoms with Crippen molar-refractivity contribution in [2.24, 2.45) is 23.2 Å². The topological polar surface area (TPSA) is 40.5 Å². The number of fused-ring (bicyclic) bond motifs is 1. The van der Waals surface area contributed by atoms with Crippen molar-refractivity contribution in [2.75, 3.05) is 11.5 Å². The number of thioether (sulfide) groups is 1. The lowest BCUT2D eigenvalue weighted by Gasteiger charge is -2.44. The first-order valence-electron chi connectivity index (χ1n) is 11.7. The molecular formula is C26H42O2S. The Kier molecular flexibility index (Phi) is 7.44. The van der Waals surface area contributed by atoms with Gasteiger partial charge in [0.2, 0.25) is 0 Å². The zero-order valence-corrected chi connectivity index (χ0v) is 19.9. The van der Waals surface area contributed by atoms with Crippen LogP contribution in [0.1, 0.15) is 79.1 Å². The summed E-state index contributed by atoms with van der Waals surface area (Å²) in [5.74, 6) is 4.00. The maximum atomic E-state index is 10.1. The first kappa shape index (κ1) is 23.2. The van der Waals surface area contributed by atoms with Crippen molar-refractivity contribution in [1.82, 2.24) is 0 Å². The summed E-state index contributed by atoms with van der Waals surface area (Å²) in [7, 11) is 0. The molecule has 0 amide bonds. The van der Waals surface area contributed by atoms with Gasteiger partial charge in [-0.3, -0.25) is 0 Å². The van der Waals surface area contributed by atoms with Crippen LogP contribution in [0.3, 0.4) is 0 Å². The highest BCUT2D eigenvalue weighted by atomic mass is 32.2. The highest BCUT2D eigenvalue weighted by Gasteiger charge is 2.50. The third kappa shape index (κ3) is 5.40. The molecule has 0 unspecified atom stereocenters. The molecule has 1 saturated heterocycles. The van der Waals surface area contributed by atoms with Gasteiger partial charge in [-0.2, -0.15) is 11.8 Å². The van der Waals surface area contributed by atoms with Crippen LogP contribution in [0.25, 0.3) is 0 Å². The fourth-order valence-electron chi connectivity index (χ4n) is 6.32. The molecule has 0 aromatic rings. The van der Waals surface area contributed by atoms with Crippen LogP contribution in [0.4, 0.5) is 0 Å². The Labute approximate surface area is 182 Å². The minimum Gasteiger partial charge on any atom is -0.390 e. The van der Waals surface area contributed by atoms with Crippen LogP contribution < -0.4 is 0 Å². The van der Waals surface area contributed by atoms with E-state index in [2.05, 4.69) is 32.6 Å². The summed E-state index contributed by atoms with van der Waals surface area (Å²) in [6, 6.07) is 0. The Morgan fingerprint density at radius 1 is 1.31 bits per heavy atom. The van der Waals surface area contributed by atoms with Gasteiger partial charge in [-0.05, 0) is 86.7 Å². The number of aliphatic hydroxyl groups excluding tert-OH is 1. The van der Waals surface area contributed by atoms with Gasteiger partial charge < -0.3 is 10.2 Å². The smallest absolute Gasteiger partial charge is 0.0877 e.